The van der Waals surface area contributed by atoms with Gasteiger partial charge in [0.25, 0.3) is 5.91 Å². The fourth-order valence-electron chi connectivity index (χ4n) is 3.22. The lowest BCUT2D eigenvalue weighted by atomic mass is 10.1. The summed E-state index contributed by atoms with van der Waals surface area (Å²) in [5.41, 5.74) is 2.42. The van der Waals surface area contributed by atoms with Crippen molar-refractivity contribution in [2.75, 3.05) is 19.5 Å². The Kier molecular flexibility index (Phi) is 6.09. The maximum Gasteiger partial charge on any atom is 0.274 e. The number of rotatable bonds is 6. The van der Waals surface area contributed by atoms with Crippen LogP contribution in [-0.4, -0.2) is 29.9 Å². The second-order valence-corrected chi connectivity index (χ2v) is 7.21. The van der Waals surface area contributed by atoms with Crippen molar-refractivity contribution in [3.8, 4) is 28.4 Å². The predicted molar refractivity (Wildman–Crippen MR) is 121 cm³/mol. The number of methoxy groups -OCH3 is 2. The zero-order valence-electron chi connectivity index (χ0n) is 17.3. The van der Waals surface area contributed by atoms with Gasteiger partial charge in [-0.3, -0.25) is 4.79 Å². The van der Waals surface area contributed by atoms with Crippen molar-refractivity contribution in [1.82, 2.24) is 9.78 Å². The van der Waals surface area contributed by atoms with Gasteiger partial charge < -0.3 is 14.8 Å². The Balaban J connectivity index is 1.82. The van der Waals surface area contributed by atoms with Gasteiger partial charge in [-0.2, -0.15) is 5.10 Å². The average molecular weight is 452 g/mol. The molecule has 0 saturated carbocycles. The van der Waals surface area contributed by atoms with Gasteiger partial charge >= 0.3 is 0 Å². The number of nitrogens with zero attached hydrogens (tertiary/aromatic N) is 2. The number of hydrogen-bond donors (Lipinski definition) is 1. The third-order valence-corrected chi connectivity index (χ3v) is 5.13. The second kappa shape index (κ2) is 9.11. The first kappa shape index (κ1) is 21.4. The summed E-state index contributed by atoms with van der Waals surface area (Å²) in [6.07, 6.45) is 0. The molecule has 1 amide bonds. The molecule has 32 heavy (non-hydrogen) atoms. The summed E-state index contributed by atoms with van der Waals surface area (Å²) in [4.78, 5) is 13.1. The average Bonchev–Trinajstić information content (AvgIpc) is 3.25. The highest BCUT2D eigenvalue weighted by Crippen LogP contribution is 2.34. The molecule has 1 N–H and O–H groups in total. The van der Waals surface area contributed by atoms with Gasteiger partial charge in [0.15, 0.2) is 0 Å². The molecule has 0 spiro atoms. The van der Waals surface area contributed by atoms with Crippen molar-refractivity contribution >= 4 is 23.2 Å². The van der Waals surface area contributed by atoms with E-state index in [1.54, 1.807) is 62.8 Å². The first-order valence-electron chi connectivity index (χ1n) is 9.64. The van der Waals surface area contributed by atoms with Gasteiger partial charge in [-0.15, -0.1) is 0 Å². The van der Waals surface area contributed by atoms with E-state index in [4.69, 9.17) is 21.1 Å². The van der Waals surface area contributed by atoms with Crippen LogP contribution in [0, 0.1) is 5.82 Å². The van der Waals surface area contributed by atoms with Crippen LogP contribution < -0.4 is 14.8 Å². The second-order valence-electron chi connectivity index (χ2n) is 6.81. The fraction of sp³-hybridized carbons (Fsp3) is 0.0833. The van der Waals surface area contributed by atoms with Gasteiger partial charge in [-0.05, 0) is 54.6 Å². The summed E-state index contributed by atoms with van der Waals surface area (Å²) in [7, 11) is 3.12. The molecule has 0 bridgehead atoms. The van der Waals surface area contributed by atoms with Gasteiger partial charge in [0, 0.05) is 17.3 Å². The van der Waals surface area contributed by atoms with Crippen molar-refractivity contribution in [2.45, 2.75) is 0 Å². The topological polar surface area (TPSA) is 65.4 Å². The molecule has 0 fully saturated rings. The molecule has 1 aromatic heterocycles. The van der Waals surface area contributed by atoms with Crippen molar-refractivity contribution in [1.29, 1.82) is 0 Å². The maximum absolute atomic E-state index is 13.2. The number of benzene rings is 3. The molecule has 0 unspecified atom stereocenters. The number of carbonyl (C=O) groups excluding carboxylic acids is 1. The van der Waals surface area contributed by atoms with E-state index in [0.29, 0.717) is 39.2 Å². The Labute approximate surface area is 189 Å². The molecule has 0 aliphatic carbocycles. The molecular formula is C24H19ClFN3O3. The summed E-state index contributed by atoms with van der Waals surface area (Å²) < 4.78 is 25.5. The number of para-hydroxylation sites is 1. The minimum Gasteiger partial charge on any atom is -0.497 e. The van der Waals surface area contributed by atoms with Gasteiger partial charge in [0.1, 0.15) is 23.0 Å². The van der Waals surface area contributed by atoms with E-state index in [2.05, 4.69) is 10.4 Å². The molecule has 3 aromatic carbocycles. The van der Waals surface area contributed by atoms with Crippen molar-refractivity contribution < 1.29 is 18.7 Å². The predicted octanol–water partition coefficient (Wildman–Crippen LogP) is 5.60. The van der Waals surface area contributed by atoms with Crippen LogP contribution in [0.15, 0.2) is 72.8 Å². The molecule has 162 valence electrons. The number of nitrogens with one attached hydrogen (secondary N) is 1. The van der Waals surface area contributed by atoms with Gasteiger partial charge in [-0.1, -0.05) is 23.7 Å². The number of hydrogen-bond acceptors (Lipinski definition) is 4. The molecule has 4 aromatic rings. The highest BCUT2D eigenvalue weighted by Gasteiger charge is 2.21. The molecule has 0 saturated heterocycles. The van der Waals surface area contributed by atoms with Crippen LogP contribution in [0.1, 0.15) is 10.5 Å². The largest absolute Gasteiger partial charge is 0.497 e. The minimum atomic E-state index is -0.428. The third kappa shape index (κ3) is 4.29. The van der Waals surface area contributed by atoms with Crippen LogP contribution in [0.3, 0.4) is 0 Å². The van der Waals surface area contributed by atoms with E-state index in [0.717, 1.165) is 0 Å². The summed E-state index contributed by atoms with van der Waals surface area (Å²) in [5.74, 6) is 0.352. The Hall–Kier alpha value is -3.84. The van der Waals surface area contributed by atoms with Gasteiger partial charge in [0.05, 0.1) is 30.6 Å². The van der Waals surface area contributed by atoms with Gasteiger partial charge in [-0.25, -0.2) is 9.07 Å². The van der Waals surface area contributed by atoms with Crippen LogP contribution in [0.25, 0.3) is 16.9 Å². The van der Waals surface area contributed by atoms with E-state index >= 15 is 0 Å². The zero-order chi connectivity index (χ0) is 22.7. The molecule has 6 nitrogen and oxygen atoms in total. The van der Waals surface area contributed by atoms with Crippen molar-refractivity contribution in [2.24, 2.45) is 0 Å². The standard InChI is InChI=1S/C24H19ClFN3O3/c1-31-17-11-12-18(23(13-17)32-2)20-14-22(24(30)27-16-9-7-15(26)8-10-16)29(28-20)21-6-4-3-5-19(21)25/h3-14H,1-2H3,(H,27,30). The molecular weight excluding hydrogens is 433 g/mol. The Morgan fingerprint density at radius 1 is 1.00 bits per heavy atom. The molecule has 1 heterocycles. The number of halogens is 2. The monoisotopic (exact) mass is 451 g/mol. The molecule has 4 rings (SSSR count). The molecule has 0 atom stereocenters. The normalized spacial score (nSPS) is 10.6. The lowest BCUT2D eigenvalue weighted by Crippen LogP contribution is -2.17. The molecule has 0 radical (unpaired) electrons. The summed E-state index contributed by atoms with van der Waals surface area (Å²) >= 11 is 6.39. The lowest BCUT2D eigenvalue weighted by molar-refractivity contribution is 0.101. The Morgan fingerprint density at radius 3 is 2.44 bits per heavy atom. The molecule has 8 heteroatoms. The lowest BCUT2D eigenvalue weighted by Gasteiger charge is -2.10. The number of anilines is 1. The summed E-state index contributed by atoms with van der Waals surface area (Å²) in [6.45, 7) is 0. The first-order valence-corrected chi connectivity index (χ1v) is 10.0. The summed E-state index contributed by atoms with van der Waals surface area (Å²) in [6, 6.07) is 19.6. The third-order valence-electron chi connectivity index (χ3n) is 4.81. The molecule has 0 aliphatic rings. The van der Waals surface area contributed by atoms with E-state index in [1.807, 2.05) is 0 Å². The fourth-order valence-corrected chi connectivity index (χ4v) is 3.44. The zero-order valence-corrected chi connectivity index (χ0v) is 18.1. The van der Waals surface area contributed by atoms with Crippen LogP contribution >= 0.6 is 11.6 Å². The van der Waals surface area contributed by atoms with Crippen LogP contribution in [-0.2, 0) is 0 Å². The Bertz CT molecular complexity index is 1270. The van der Waals surface area contributed by atoms with E-state index < -0.39 is 11.7 Å². The van der Waals surface area contributed by atoms with E-state index in [9.17, 15) is 9.18 Å². The van der Waals surface area contributed by atoms with Gasteiger partial charge in [0.2, 0.25) is 0 Å². The number of ether oxygens (including phenoxy) is 2. The number of aromatic nitrogens is 2. The number of amides is 1. The smallest absolute Gasteiger partial charge is 0.274 e. The molecule has 0 aliphatic heterocycles. The minimum absolute atomic E-state index is 0.246. The van der Waals surface area contributed by atoms with Crippen molar-refractivity contribution in [3.05, 3.63) is 89.3 Å². The Morgan fingerprint density at radius 2 is 1.75 bits per heavy atom. The van der Waals surface area contributed by atoms with Crippen LogP contribution in [0.2, 0.25) is 5.02 Å². The van der Waals surface area contributed by atoms with E-state index in [1.165, 1.54) is 28.9 Å². The quantitative estimate of drug-likeness (QED) is 0.414. The highest BCUT2D eigenvalue weighted by atomic mass is 35.5. The maximum atomic E-state index is 13.2. The van der Waals surface area contributed by atoms with Crippen LogP contribution in [0.4, 0.5) is 10.1 Å². The first-order chi connectivity index (χ1) is 15.5. The number of carbonyl (C=O) groups is 1. The van der Waals surface area contributed by atoms with E-state index in [-0.39, 0.29) is 5.69 Å². The van der Waals surface area contributed by atoms with Crippen molar-refractivity contribution in [3.63, 3.8) is 0 Å². The highest BCUT2D eigenvalue weighted by molar-refractivity contribution is 6.32. The SMILES string of the molecule is COc1ccc(-c2cc(C(=O)Nc3ccc(F)cc3)n(-c3ccccc3Cl)n2)c(OC)c1. The summed E-state index contributed by atoms with van der Waals surface area (Å²) in [5, 5.41) is 7.84. The van der Waals surface area contributed by atoms with Crippen LogP contribution in [0.5, 0.6) is 11.5 Å².